The molecule has 128 valence electrons. The summed E-state index contributed by atoms with van der Waals surface area (Å²) in [5.41, 5.74) is 0.612. The molecule has 3 N–H and O–H groups in total. The Bertz CT molecular complexity index is 535. The van der Waals surface area contributed by atoms with Gasteiger partial charge in [-0.25, -0.2) is 0 Å². The topological polar surface area (TPSA) is 70.6 Å². The Balaban J connectivity index is 1.87. The highest BCUT2D eigenvalue weighted by atomic mass is 16.5. The van der Waals surface area contributed by atoms with Gasteiger partial charge in [0.25, 0.3) is 0 Å². The third-order valence-electron chi connectivity index (χ3n) is 4.80. The molecule has 0 aliphatic heterocycles. The van der Waals surface area contributed by atoms with Crippen molar-refractivity contribution < 1.29 is 14.6 Å². The summed E-state index contributed by atoms with van der Waals surface area (Å²) in [5, 5.41) is 16.0. The molecule has 3 atom stereocenters. The van der Waals surface area contributed by atoms with Crippen molar-refractivity contribution in [3.8, 4) is 5.75 Å². The second-order valence-electron chi connectivity index (χ2n) is 6.78. The molecule has 5 nitrogen and oxygen atoms in total. The fraction of sp³-hybridized carbons (Fsp3) is 0.611. The van der Waals surface area contributed by atoms with Gasteiger partial charge in [-0.1, -0.05) is 25.5 Å². The van der Waals surface area contributed by atoms with Crippen LogP contribution in [0.3, 0.4) is 0 Å². The van der Waals surface area contributed by atoms with Crippen molar-refractivity contribution in [2.75, 3.05) is 19.0 Å². The van der Waals surface area contributed by atoms with Crippen LogP contribution in [0.5, 0.6) is 5.75 Å². The minimum Gasteiger partial charge on any atom is -0.495 e. The standard InChI is InChI=1S/C18H28N2O3/c1-13(19-16-9-6-10-18(16,2)12-21)11-17(22)20-14-7-4-5-8-15(14)23-3/h4-5,7-8,13,16,19,21H,6,9-12H2,1-3H3,(H,20,22). The highest BCUT2D eigenvalue weighted by Gasteiger charge is 2.38. The predicted molar refractivity (Wildman–Crippen MR) is 91.7 cm³/mol. The fourth-order valence-corrected chi connectivity index (χ4v) is 3.34. The zero-order valence-corrected chi connectivity index (χ0v) is 14.3. The molecular formula is C18H28N2O3. The van der Waals surface area contributed by atoms with E-state index in [1.54, 1.807) is 7.11 Å². The molecule has 1 aromatic rings. The Morgan fingerprint density at radius 2 is 2.22 bits per heavy atom. The summed E-state index contributed by atoms with van der Waals surface area (Å²) in [5.74, 6) is 0.614. The lowest BCUT2D eigenvalue weighted by atomic mass is 9.85. The van der Waals surface area contributed by atoms with Gasteiger partial charge in [0.05, 0.1) is 12.8 Å². The molecule has 1 amide bonds. The van der Waals surface area contributed by atoms with E-state index < -0.39 is 0 Å². The number of amides is 1. The van der Waals surface area contributed by atoms with Gasteiger partial charge in [0.2, 0.25) is 5.91 Å². The SMILES string of the molecule is COc1ccccc1NC(=O)CC(C)NC1CCCC1(C)CO. The number of aliphatic hydroxyl groups excluding tert-OH is 1. The Kier molecular flexibility index (Phi) is 6.02. The Morgan fingerprint density at radius 3 is 2.91 bits per heavy atom. The van der Waals surface area contributed by atoms with Gasteiger partial charge in [0, 0.05) is 30.5 Å². The predicted octanol–water partition coefficient (Wildman–Crippen LogP) is 2.55. The number of hydrogen-bond donors (Lipinski definition) is 3. The van der Waals surface area contributed by atoms with E-state index in [4.69, 9.17) is 4.74 Å². The fourth-order valence-electron chi connectivity index (χ4n) is 3.34. The minimum absolute atomic E-state index is 0.0433. The number of nitrogens with one attached hydrogen (secondary N) is 2. The summed E-state index contributed by atoms with van der Waals surface area (Å²) >= 11 is 0. The largest absolute Gasteiger partial charge is 0.495 e. The highest BCUT2D eigenvalue weighted by molar-refractivity contribution is 5.92. The maximum atomic E-state index is 12.2. The van der Waals surface area contributed by atoms with Gasteiger partial charge >= 0.3 is 0 Å². The summed E-state index contributed by atoms with van der Waals surface area (Å²) in [4.78, 5) is 12.2. The summed E-state index contributed by atoms with van der Waals surface area (Å²) in [6, 6.07) is 7.71. The number of methoxy groups -OCH3 is 1. The van der Waals surface area contributed by atoms with Crippen LogP contribution < -0.4 is 15.4 Å². The third-order valence-corrected chi connectivity index (χ3v) is 4.80. The summed E-state index contributed by atoms with van der Waals surface area (Å²) in [6.45, 7) is 4.31. The van der Waals surface area contributed by atoms with E-state index in [-0.39, 0.29) is 30.0 Å². The average molecular weight is 320 g/mol. The number of carbonyl (C=O) groups is 1. The number of ether oxygens (including phenoxy) is 1. The minimum atomic E-state index is -0.0760. The zero-order chi connectivity index (χ0) is 16.9. The maximum absolute atomic E-state index is 12.2. The molecule has 1 aliphatic rings. The van der Waals surface area contributed by atoms with Crippen LogP contribution in [0.2, 0.25) is 0 Å². The van der Waals surface area contributed by atoms with E-state index in [1.165, 1.54) is 0 Å². The van der Waals surface area contributed by atoms with Crippen LogP contribution in [0.15, 0.2) is 24.3 Å². The Labute approximate surface area is 138 Å². The molecule has 1 aliphatic carbocycles. The number of benzene rings is 1. The lowest BCUT2D eigenvalue weighted by Crippen LogP contribution is -2.46. The molecule has 0 heterocycles. The Hall–Kier alpha value is -1.59. The van der Waals surface area contributed by atoms with Crippen molar-refractivity contribution in [3.63, 3.8) is 0 Å². The van der Waals surface area contributed by atoms with Crippen molar-refractivity contribution in [3.05, 3.63) is 24.3 Å². The van der Waals surface area contributed by atoms with Gasteiger partial charge in [-0.2, -0.15) is 0 Å². The first-order valence-electron chi connectivity index (χ1n) is 8.28. The van der Waals surface area contributed by atoms with Crippen molar-refractivity contribution in [2.24, 2.45) is 5.41 Å². The summed E-state index contributed by atoms with van der Waals surface area (Å²) in [6.07, 6.45) is 3.59. The van der Waals surface area contributed by atoms with Crippen molar-refractivity contribution in [1.82, 2.24) is 5.32 Å². The van der Waals surface area contributed by atoms with E-state index in [9.17, 15) is 9.90 Å². The number of anilines is 1. The number of carbonyl (C=O) groups excluding carboxylic acids is 1. The molecule has 1 aromatic carbocycles. The first-order valence-corrected chi connectivity index (χ1v) is 8.28. The van der Waals surface area contributed by atoms with Gasteiger partial charge in [0.15, 0.2) is 0 Å². The molecule has 23 heavy (non-hydrogen) atoms. The van der Waals surface area contributed by atoms with Crippen LogP contribution in [0.1, 0.15) is 39.5 Å². The van der Waals surface area contributed by atoms with Crippen LogP contribution in [-0.4, -0.2) is 36.8 Å². The third kappa shape index (κ3) is 4.45. The monoisotopic (exact) mass is 320 g/mol. The molecule has 0 saturated heterocycles. The number of hydrogen-bond acceptors (Lipinski definition) is 4. The molecule has 1 saturated carbocycles. The van der Waals surface area contributed by atoms with Crippen LogP contribution in [0.25, 0.3) is 0 Å². The second-order valence-corrected chi connectivity index (χ2v) is 6.78. The van der Waals surface area contributed by atoms with E-state index in [1.807, 2.05) is 31.2 Å². The molecule has 3 unspecified atom stereocenters. The van der Waals surface area contributed by atoms with Crippen molar-refractivity contribution in [1.29, 1.82) is 0 Å². The van der Waals surface area contributed by atoms with Gasteiger partial charge in [-0.3, -0.25) is 4.79 Å². The summed E-state index contributed by atoms with van der Waals surface area (Å²) < 4.78 is 5.24. The number of rotatable bonds is 7. The average Bonchev–Trinajstić information content (AvgIpc) is 2.89. The highest BCUT2D eigenvalue weighted by Crippen LogP contribution is 2.37. The van der Waals surface area contributed by atoms with Crippen LogP contribution in [0.4, 0.5) is 5.69 Å². The number of para-hydroxylation sites is 2. The molecule has 0 spiro atoms. The van der Waals surface area contributed by atoms with Gasteiger partial charge in [-0.05, 0) is 31.9 Å². The maximum Gasteiger partial charge on any atom is 0.226 e. The van der Waals surface area contributed by atoms with E-state index in [2.05, 4.69) is 17.6 Å². The van der Waals surface area contributed by atoms with Crippen LogP contribution >= 0.6 is 0 Å². The van der Waals surface area contributed by atoms with Crippen LogP contribution in [0, 0.1) is 5.41 Å². The normalized spacial score (nSPS) is 25.1. The molecule has 1 fully saturated rings. The van der Waals surface area contributed by atoms with Crippen molar-refractivity contribution >= 4 is 11.6 Å². The molecule has 2 rings (SSSR count). The first-order chi connectivity index (χ1) is 11.0. The van der Waals surface area contributed by atoms with E-state index in [0.717, 1.165) is 19.3 Å². The lowest BCUT2D eigenvalue weighted by Gasteiger charge is -2.32. The van der Waals surface area contributed by atoms with Gasteiger partial charge in [0.1, 0.15) is 5.75 Å². The molecule has 5 heteroatoms. The summed E-state index contributed by atoms with van der Waals surface area (Å²) in [7, 11) is 1.59. The first kappa shape index (κ1) is 17.8. The zero-order valence-electron chi connectivity index (χ0n) is 14.3. The molecule has 0 radical (unpaired) electrons. The van der Waals surface area contributed by atoms with Gasteiger partial charge in [-0.15, -0.1) is 0 Å². The quantitative estimate of drug-likeness (QED) is 0.722. The van der Waals surface area contributed by atoms with E-state index in [0.29, 0.717) is 17.9 Å². The molecule has 0 bridgehead atoms. The molecular weight excluding hydrogens is 292 g/mol. The van der Waals surface area contributed by atoms with E-state index >= 15 is 0 Å². The van der Waals surface area contributed by atoms with Crippen LogP contribution in [-0.2, 0) is 4.79 Å². The van der Waals surface area contributed by atoms with Crippen molar-refractivity contribution in [2.45, 2.75) is 51.6 Å². The Morgan fingerprint density at radius 1 is 1.48 bits per heavy atom. The second kappa shape index (κ2) is 7.79. The van der Waals surface area contributed by atoms with Gasteiger partial charge < -0.3 is 20.5 Å². The number of aliphatic hydroxyl groups is 1. The molecule has 0 aromatic heterocycles. The lowest BCUT2D eigenvalue weighted by molar-refractivity contribution is -0.116. The smallest absolute Gasteiger partial charge is 0.226 e.